The van der Waals surface area contributed by atoms with Crippen molar-refractivity contribution >= 4 is 62.8 Å². The van der Waals surface area contributed by atoms with Crippen LogP contribution in [-0.4, -0.2) is 62.6 Å². The predicted octanol–water partition coefficient (Wildman–Crippen LogP) is -1.08. The maximum atomic E-state index is 13.0. The summed E-state index contributed by atoms with van der Waals surface area (Å²) in [5, 5.41) is 19.5. The average Bonchev–Trinajstić information content (AvgIpc) is 3.44. The van der Waals surface area contributed by atoms with Gasteiger partial charge >= 0.3 is 0 Å². The Kier molecular flexibility index (Phi) is 6.09. The van der Waals surface area contributed by atoms with Crippen LogP contribution in [0.2, 0.25) is 0 Å². The fraction of sp³-hybridized carbons (Fsp3) is 0.286. The van der Waals surface area contributed by atoms with Gasteiger partial charge in [0.25, 0.3) is 11.8 Å². The molecule has 2 atom stereocenters. The minimum Gasteiger partial charge on any atom is -0.543 e. The smallest absolute Gasteiger partial charge is 0.276 e. The summed E-state index contributed by atoms with van der Waals surface area (Å²) in [4.78, 5) is 52.1. The van der Waals surface area contributed by atoms with Gasteiger partial charge in [-0.2, -0.15) is 4.57 Å². The summed E-state index contributed by atoms with van der Waals surface area (Å²) in [6.07, 6.45) is 3.48. The number of nitrogens with one attached hydrogen (secondary N) is 1. The predicted molar refractivity (Wildman–Crippen MR) is 126 cm³/mol. The molecule has 0 radical (unpaired) electrons. The molecule has 3 aromatic heterocycles. The van der Waals surface area contributed by atoms with E-state index in [1.54, 1.807) is 30.0 Å². The number of oxazole rings is 1. The number of carboxylic acids is 1. The molecule has 0 aromatic carbocycles. The second-order valence-electron chi connectivity index (χ2n) is 7.89. The first-order valence-corrected chi connectivity index (χ1v) is 12.5. The summed E-state index contributed by atoms with van der Waals surface area (Å²) in [5.74, 6) is -1.90. The van der Waals surface area contributed by atoms with Crippen molar-refractivity contribution < 1.29 is 33.3 Å². The van der Waals surface area contributed by atoms with E-state index in [9.17, 15) is 19.5 Å². The average molecular weight is 530 g/mol. The number of oxime groups is 1. The van der Waals surface area contributed by atoms with Gasteiger partial charge < -0.3 is 30.2 Å². The van der Waals surface area contributed by atoms with Crippen molar-refractivity contribution in [3.05, 3.63) is 46.7 Å². The lowest BCUT2D eigenvalue weighted by Gasteiger charge is -2.50. The number of nitrogens with zero attached hydrogens (tertiary/aromatic N) is 5. The van der Waals surface area contributed by atoms with Crippen LogP contribution in [-0.2, 0) is 25.8 Å². The summed E-state index contributed by atoms with van der Waals surface area (Å²) < 4.78 is 7.24. The van der Waals surface area contributed by atoms with Crippen molar-refractivity contribution in [1.82, 2.24) is 20.2 Å². The molecule has 2 aliphatic rings. The van der Waals surface area contributed by atoms with Crippen molar-refractivity contribution in [1.29, 1.82) is 0 Å². The molecule has 13 nitrogen and oxygen atoms in total. The molecule has 2 aliphatic heterocycles. The molecule has 2 amide bonds. The lowest BCUT2D eigenvalue weighted by molar-refractivity contribution is -0.687. The van der Waals surface area contributed by atoms with E-state index in [4.69, 9.17) is 15.0 Å². The number of thiazole rings is 1. The number of hydrogen-bond donors (Lipinski definition) is 2. The van der Waals surface area contributed by atoms with Gasteiger partial charge in [0.1, 0.15) is 24.2 Å². The van der Waals surface area contributed by atoms with Gasteiger partial charge in [-0.25, -0.2) is 9.97 Å². The molecule has 1 saturated heterocycles. The normalized spacial score (nSPS) is 19.8. The summed E-state index contributed by atoms with van der Waals surface area (Å²) in [6.45, 7) is 1.95. The number of nitrogen functional groups attached to an aromatic ring is 1. The van der Waals surface area contributed by atoms with Crippen molar-refractivity contribution in [3.63, 3.8) is 0 Å². The van der Waals surface area contributed by atoms with Gasteiger partial charge in [0.15, 0.2) is 46.8 Å². The number of anilines is 1. The molecule has 36 heavy (non-hydrogen) atoms. The van der Waals surface area contributed by atoms with E-state index in [0.29, 0.717) is 28.3 Å². The van der Waals surface area contributed by atoms with Gasteiger partial charge in [0, 0.05) is 29.7 Å². The van der Waals surface area contributed by atoms with Crippen LogP contribution in [0.4, 0.5) is 5.13 Å². The Labute approximate surface area is 211 Å². The fourth-order valence-corrected chi connectivity index (χ4v) is 5.93. The largest absolute Gasteiger partial charge is 0.543 e. The number of pyridine rings is 1. The zero-order valence-electron chi connectivity index (χ0n) is 19.0. The molecule has 5 rings (SSSR count). The molecule has 186 valence electrons. The Morgan fingerprint density at radius 3 is 2.94 bits per heavy atom. The molecular formula is C21H19N7O6S2. The van der Waals surface area contributed by atoms with Gasteiger partial charge in [-0.05, 0) is 0 Å². The lowest BCUT2D eigenvalue weighted by Crippen LogP contribution is -2.71. The number of fused-ring (bicyclic) bond motifs is 2. The highest BCUT2D eigenvalue weighted by atomic mass is 32.2. The molecular weight excluding hydrogens is 510 g/mol. The summed E-state index contributed by atoms with van der Waals surface area (Å²) in [5.41, 5.74) is 7.24. The Morgan fingerprint density at radius 2 is 2.25 bits per heavy atom. The highest BCUT2D eigenvalue weighted by Crippen LogP contribution is 2.40. The van der Waals surface area contributed by atoms with E-state index < -0.39 is 29.2 Å². The van der Waals surface area contributed by atoms with Crippen LogP contribution in [0.5, 0.6) is 0 Å². The zero-order valence-corrected chi connectivity index (χ0v) is 20.6. The molecule has 0 saturated carbocycles. The monoisotopic (exact) mass is 529 g/mol. The third-order valence-corrected chi connectivity index (χ3v) is 7.57. The molecule has 0 bridgehead atoms. The van der Waals surface area contributed by atoms with Gasteiger partial charge in [-0.1, -0.05) is 5.16 Å². The third-order valence-electron chi connectivity index (χ3n) is 5.56. The highest BCUT2D eigenvalue weighted by Gasteiger charge is 2.53. The Morgan fingerprint density at radius 1 is 1.44 bits per heavy atom. The zero-order chi connectivity index (χ0) is 25.6. The SMILES string of the molecule is CO/N=C(\C(=O)N[C@@H]1C(=O)N2C(C(=O)[O-])=C(C[n+]3ccc4oc(C)nc4c3)CS[C@H]12)c1csc(N)n1. The Balaban J connectivity index is 1.36. The van der Waals surface area contributed by atoms with Crippen LogP contribution in [0.1, 0.15) is 11.6 Å². The number of β-lactam (4-membered cyclic amide) rings is 1. The van der Waals surface area contributed by atoms with Crippen LogP contribution in [0.25, 0.3) is 11.1 Å². The summed E-state index contributed by atoms with van der Waals surface area (Å²) in [7, 11) is 1.27. The first-order valence-electron chi connectivity index (χ1n) is 10.5. The Hall–Kier alpha value is -3.98. The van der Waals surface area contributed by atoms with E-state index in [2.05, 4.69) is 20.4 Å². The van der Waals surface area contributed by atoms with Crippen LogP contribution in [0.3, 0.4) is 0 Å². The van der Waals surface area contributed by atoms with Crippen molar-refractivity contribution in [2.24, 2.45) is 5.16 Å². The minimum absolute atomic E-state index is 0.149. The molecule has 5 heterocycles. The van der Waals surface area contributed by atoms with Crippen LogP contribution < -0.4 is 20.7 Å². The van der Waals surface area contributed by atoms with E-state index in [1.807, 2.05) is 0 Å². The number of rotatable bonds is 7. The Bertz CT molecular complexity index is 1460. The molecule has 0 spiro atoms. The molecule has 15 heteroatoms. The topological polar surface area (TPSA) is 180 Å². The minimum atomic E-state index is -1.47. The van der Waals surface area contributed by atoms with Crippen LogP contribution in [0, 0.1) is 6.92 Å². The number of amides is 2. The number of thioether (sulfide) groups is 1. The second-order valence-corrected chi connectivity index (χ2v) is 9.89. The number of aliphatic carboxylic acids is 1. The number of hydrogen-bond acceptors (Lipinski definition) is 12. The quantitative estimate of drug-likeness (QED) is 0.165. The number of carboxylic acid groups (broad SMARTS) is 1. The maximum Gasteiger partial charge on any atom is 0.276 e. The highest BCUT2D eigenvalue weighted by molar-refractivity contribution is 8.00. The standard InChI is InChI=1S/C21H19N7O6S2/c1-9-23-11-6-27(4-3-13(11)34-9)5-10-7-35-19-15(18(30)28(19)16(10)20(31)32)25-17(29)14(26-33-2)12-8-36-21(22)24-12/h3-4,6,8,15,19H,5,7H2,1-2H3,(H3-,22,24,25,29,31,32)/b26-14-/t15-,19-/m1/s1. The van der Waals surface area contributed by atoms with E-state index in [1.165, 1.54) is 24.3 Å². The number of carbonyl (C=O) groups excluding carboxylic acids is 3. The molecule has 3 N–H and O–H groups in total. The van der Waals surface area contributed by atoms with Crippen LogP contribution in [0.15, 0.2) is 44.7 Å². The number of carbonyl (C=O) groups is 3. The first kappa shape index (κ1) is 23.7. The summed E-state index contributed by atoms with van der Waals surface area (Å²) >= 11 is 2.46. The van der Waals surface area contributed by atoms with E-state index in [0.717, 1.165) is 16.2 Å². The molecule has 3 aromatic rings. The molecule has 0 unspecified atom stereocenters. The maximum absolute atomic E-state index is 13.0. The molecule has 1 fully saturated rings. The lowest BCUT2D eigenvalue weighted by atomic mass is 10.0. The van der Waals surface area contributed by atoms with E-state index in [-0.39, 0.29) is 28.8 Å². The number of aryl methyl sites for hydroxylation is 1. The van der Waals surface area contributed by atoms with Gasteiger partial charge in [0.2, 0.25) is 0 Å². The fourth-order valence-electron chi connectivity index (χ4n) is 4.05. The number of nitrogens with two attached hydrogens (primary N) is 1. The van der Waals surface area contributed by atoms with Gasteiger partial charge in [0.05, 0.1) is 11.7 Å². The van der Waals surface area contributed by atoms with Gasteiger partial charge in [-0.3, -0.25) is 14.5 Å². The third kappa shape index (κ3) is 4.15. The van der Waals surface area contributed by atoms with Crippen molar-refractivity contribution in [3.8, 4) is 0 Å². The second kappa shape index (κ2) is 9.23. The van der Waals surface area contributed by atoms with Crippen molar-refractivity contribution in [2.45, 2.75) is 24.9 Å². The first-order chi connectivity index (χ1) is 17.3. The summed E-state index contributed by atoms with van der Waals surface area (Å²) in [6, 6.07) is 0.779. The number of aromatic nitrogens is 3. The van der Waals surface area contributed by atoms with Gasteiger partial charge in [-0.15, -0.1) is 23.1 Å². The molecule has 0 aliphatic carbocycles. The van der Waals surface area contributed by atoms with E-state index >= 15 is 0 Å². The van der Waals surface area contributed by atoms with Crippen LogP contribution >= 0.6 is 23.1 Å². The van der Waals surface area contributed by atoms with Crippen molar-refractivity contribution in [2.75, 3.05) is 18.6 Å².